The van der Waals surface area contributed by atoms with Gasteiger partial charge in [-0.15, -0.1) is 4.68 Å². The van der Waals surface area contributed by atoms with Crippen molar-refractivity contribution in [3.63, 3.8) is 0 Å². The monoisotopic (exact) mass is 541 g/mol. The van der Waals surface area contributed by atoms with E-state index in [-0.39, 0.29) is 0 Å². The van der Waals surface area contributed by atoms with Crippen LogP contribution in [0.25, 0.3) is 10.9 Å². The SMILES string of the molecule is CCOc1cc(C=Nn2c(=O)[nH]c3ccccc3c2=O)c(Br)c(Cl)c1OCc1ccc(C)cc1. The van der Waals surface area contributed by atoms with E-state index in [1.54, 1.807) is 30.3 Å². The first kappa shape index (κ1) is 23.8. The second-order valence-electron chi connectivity index (χ2n) is 7.47. The van der Waals surface area contributed by atoms with Crippen molar-refractivity contribution in [1.29, 1.82) is 0 Å². The summed E-state index contributed by atoms with van der Waals surface area (Å²) in [6, 6.07) is 16.4. The molecule has 0 bridgehead atoms. The van der Waals surface area contributed by atoms with Gasteiger partial charge in [-0.05, 0) is 53.5 Å². The first-order valence-corrected chi connectivity index (χ1v) is 11.7. The number of rotatable bonds is 7. The average molecular weight is 543 g/mol. The predicted molar refractivity (Wildman–Crippen MR) is 138 cm³/mol. The van der Waals surface area contributed by atoms with E-state index in [1.165, 1.54) is 6.21 Å². The predicted octanol–water partition coefficient (Wildman–Crippen LogP) is 5.27. The number of aryl methyl sites for hydroxylation is 1. The number of aromatic nitrogens is 2. The van der Waals surface area contributed by atoms with Gasteiger partial charge in [0.05, 0.1) is 23.7 Å². The van der Waals surface area contributed by atoms with Crippen LogP contribution in [0.4, 0.5) is 0 Å². The van der Waals surface area contributed by atoms with Crippen LogP contribution < -0.4 is 20.7 Å². The maximum atomic E-state index is 12.7. The molecule has 0 saturated carbocycles. The van der Waals surface area contributed by atoms with Crippen LogP contribution in [0.3, 0.4) is 0 Å². The second kappa shape index (κ2) is 10.3. The highest BCUT2D eigenvalue weighted by atomic mass is 79.9. The Morgan fingerprint density at radius 2 is 1.85 bits per heavy atom. The first-order chi connectivity index (χ1) is 16.4. The molecule has 0 aliphatic heterocycles. The van der Waals surface area contributed by atoms with Crippen molar-refractivity contribution >= 4 is 44.6 Å². The van der Waals surface area contributed by atoms with Crippen LogP contribution in [-0.4, -0.2) is 22.5 Å². The van der Waals surface area contributed by atoms with Crippen LogP contribution in [-0.2, 0) is 6.61 Å². The highest BCUT2D eigenvalue weighted by Crippen LogP contribution is 2.42. The fourth-order valence-corrected chi connectivity index (χ4v) is 3.97. The number of halogens is 2. The molecule has 3 aromatic carbocycles. The minimum atomic E-state index is -0.648. The Labute approximate surface area is 208 Å². The number of H-pyrrole nitrogens is 1. The molecule has 0 atom stereocenters. The summed E-state index contributed by atoms with van der Waals surface area (Å²) in [5.74, 6) is 0.804. The molecule has 4 rings (SSSR count). The zero-order chi connectivity index (χ0) is 24.2. The molecule has 0 spiro atoms. The number of benzene rings is 3. The lowest BCUT2D eigenvalue weighted by atomic mass is 10.1. The highest BCUT2D eigenvalue weighted by molar-refractivity contribution is 9.10. The van der Waals surface area contributed by atoms with E-state index in [4.69, 9.17) is 21.1 Å². The lowest BCUT2D eigenvalue weighted by Crippen LogP contribution is -2.32. The van der Waals surface area contributed by atoms with Crippen molar-refractivity contribution in [1.82, 2.24) is 9.66 Å². The number of hydrogen-bond acceptors (Lipinski definition) is 5. The molecule has 1 N–H and O–H groups in total. The van der Waals surface area contributed by atoms with Crippen molar-refractivity contribution in [2.45, 2.75) is 20.5 Å². The van der Waals surface area contributed by atoms with Crippen LogP contribution in [0.5, 0.6) is 11.5 Å². The van der Waals surface area contributed by atoms with Crippen molar-refractivity contribution in [2.24, 2.45) is 5.10 Å². The van der Waals surface area contributed by atoms with Crippen LogP contribution in [0.1, 0.15) is 23.6 Å². The zero-order valence-electron chi connectivity index (χ0n) is 18.5. The summed E-state index contributed by atoms with van der Waals surface area (Å²) >= 11 is 10.1. The van der Waals surface area contributed by atoms with Crippen LogP contribution >= 0.6 is 27.5 Å². The molecule has 0 amide bonds. The van der Waals surface area contributed by atoms with Gasteiger partial charge >= 0.3 is 5.69 Å². The molecule has 34 heavy (non-hydrogen) atoms. The van der Waals surface area contributed by atoms with Gasteiger partial charge < -0.3 is 14.5 Å². The summed E-state index contributed by atoms with van der Waals surface area (Å²) < 4.78 is 13.0. The summed E-state index contributed by atoms with van der Waals surface area (Å²) in [6.45, 7) is 4.56. The molecule has 0 saturated heterocycles. The maximum absolute atomic E-state index is 12.7. The molecule has 7 nitrogen and oxygen atoms in total. The van der Waals surface area contributed by atoms with E-state index in [0.717, 1.165) is 15.8 Å². The fraction of sp³-hybridized carbons (Fsp3) is 0.160. The lowest BCUT2D eigenvalue weighted by molar-refractivity contribution is 0.269. The highest BCUT2D eigenvalue weighted by Gasteiger charge is 2.18. The number of ether oxygens (including phenoxy) is 2. The minimum Gasteiger partial charge on any atom is -0.490 e. The Morgan fingerprint density at radius 1 is 1.12 bits per heavy atom. The second-order valence-corrected chi connectivity index (χ2v) is 8.64. The third kappa shape index (κ3) is 4.93. The number of fused-ring (bicyclic) bond motifs is 1. The molecule has 0 aliphatic carbocycles. The molecule has 1 heterocycles. The standard InChI is InChI=1S/C25H21BrClN3O4/c1-3-33-20-12-17(13-28-30-24(31)18-6-4-5-7-19(18)29-25(30)32)21(26)22(27)23(20)34-14-16-10-8-15(2)9-11-16/h4-13H,3,14H2,1-2H3,(H,29,32). The van der Waals surface area contributed by atoms with E-state index in [1.807, 2.05) is 38.1 Å². The van der Waals surface area contributed by atoms with E-state index in [9.17, 15) is 9.59 Å². The molecule has 9 heteroatoms. The first-order valence-electron chi connectivity index (χ1n) is 10.5. The van der Waals surface area contributed by atoms with Crippen molar-refractivity contribution < 1.29 is 9.47 Å². The molecule has 0 radical (unpaired) electrons. The maximum Gasteiger partial charge on any atom is 0.349 e. The van der Waals surface area contributed by atoms with Crippen LogP contribution in [0.2, 0.25) is 5.02 Å². The number of hydrogen-bond donors (Lipinski definition) is 1. The summed E-state index contributed by atoms with van der Waals surface area (Å²) in [5, 5.41) is 4.75. The molecule has 0 fully saturated rings. The lowest BCUT2D eigenvalue weighted by Gasteiger charge is -2.16. The topological polar surface area (TPSA) is 85.7 Å². The molecule has 4 aromatic rings. The van der Waals surface area contributed by atoms with Gasteiger partial charge in [-0.2, -0.15) is 5.10 Å². The normalized spacial score (nSPS) is 11.3. The van der Waals surface area contributed by atoms with Gasteiger partial charge in [0, 0.05) is 10.0 Å². The van der Waals surface area contributed by atoms with Crippen LogP contribution in [0, 0.1) is 6.92 Å². The number of para-hydroxylation sites is 1. The smallest absolute Gasteiger partial charge is 0.349 e. The molecular weight excluding hydrogens is 522 g/mol. The zero-order valence-corrected chi connectivity index (χ0v) is 20.8. The van der Waals surface area contributed by atoms with Gasteiger partial charge in [0.15, 0.2) is 11.5 Å². The molecule has 0 unspecified atom stereocenters. The van der Waals surface area contributed by atoms with Crippen molar-refractivity contribution in [2.75, 3.05) is 6.61 Å². The summed E-state index contributed by atoms with van der Waals surface area (Å²) in [6.07, 6.45) is 1.37. The van der Waals surface area contributed by atoms with Gasteiger partial charge in [-0.25, -0.2) is 4.79 Å². The largest absolute Gasteiger partial charge is 0.490 e. The number of nitrogens with zero attached hydrogens (tertiary/aromatic N) is 2. The number of nitrogens with one attached hydrogen (secondary N) is 1. The minimum absolute atomic E-state index is 0.291. The molecular formula is C25H21BrClN3O4. The Balaban J connectivity index is 1.70. The van der Waals surface area contributed by atoms with Gasteiger partial charge in [0.1, 0.15) is 11.6 Å². The molecule has 1 aromatic heterocycles. The van der Waals surface area contributed by atoms with Gasteiger partial charge in [-0.3, -0.25) is 4.79 Å². The van der Waals surface area contributed by atoms with Gasteiger partial charge in [-0.1, -0.05) is 53.6 Å². The Morgan fingerprint density at radius 3 is 2.59 bits per heavy atom. The van der Waals surface area contributed by atoms with Gasteiger partial charge in [0.2, 0.25) is 0 Å². The summed E-state index contributed by atoms with van der Waals surface area (Å²) in [5.41, 5.74) is 1.93. The molecule has 174 valence electrons. The van der Waals surface area contributed by atoms with Crippen molar-refractivity contribution in [3.05, 3.63) is 102 Å². The third-order valence-corrected chi connectivity index (χ3v) is 6.50. The van der Waals surface area contributed by atoms with E-state index >= 15 is 0 Å². The summed E-state index contributed by atoms with van der Waals surface area (Å²) in [7, 11) is 0. The van der Waals surface area contributed by atoms with E-state index in [0.29, 0.717) is 50.7 Å². The van der Waals surface area contributed by atoms with E-state index < -0.39 is 11.2 Å². The quantitative estimate of drug-likeness (QED) is 0.322. The number of aromatic amines is 1. The Kier molecular flexibility index (Phi) is 7.19. The molecule has 0 aliphatic rings. The third-order valence-electron chi connectivity index (χ3n) is 5.06. The van der Waals surface area contributed by atoms with Gasteiger partial charge in [0.25, 0.3) is 5.56 Å². The fourth-order valence-electron chi connectivity index (χ4n) is 3.31. The average Bonchev–Trinajstić information content (AvgIpc) is 2.83. The van der Waals surface area contributed by atoms with Crippen LogP contribution in [0.15, 0.2) is 73.8 Å². The Bertz CT molecular complexity index is 1490. The summed E-state index contributed by atoms with van der Waals surface area (Å²) in [4.78, 5) is 27.8. The van der Waals surface area contributed by atoms with Crippen molar-refractivity contribution in [3.8, 4) is 11.5 Å². The van der Waals surface area contributed by atoms with E-state index in [2.05, 4.69) is 26.0 Å². The Hall–Kier alpha value is -3.36.